The molecule has 9 nitrogen and oxygen atoms in total. The van der Waals surface area contributed by atoms with Crippen LogP contribution in [0.4, 0.5) is 5.69 Å². The standard InChI is InChI=1S/C27H27N3O6/c1-18-8-11-23(16-19(18)2)36-22-12-9-21(10-13-22)28-24(31)14-15-26(33)35-17-25(32)29-30-27(34)20-6-4-3-5-7-20/h3-13,16H,14-15,17H2,1-2H3,(H,28,31)(H,29,32)(H,30,34). The molecule has 0 unspecified atom stereocenters. The van der Waals surface area contributed by atoms with Gasteiger partial charge in [0.05, 0.1) is 6.42 Å². The zero-order valence-electron chi connectivity index (χ0n) is 20.0. The summed E-state index contributed by atoms with van der Waals surface area (Å²) >= 11 is 0. The van der Waals surface area contributed by atoms with Gasteiger partial charge in [0.25, 0.3) is 11.8 Å². The van der Waals surface area contributed by atoms with E-state index in [1.165, 1.54) is 5.56 Å². The van der Waals surface area contributed by atoms with E-state index >= 15 is 0 Å². The van der Waals surface area contributed by atoms with Crippen LogP contribution in [0.25, 0.3) is 0 Å². The number of hydrazine groups is 1. The van der Waals surface area contributed by atoms with Crippen molar-refractivity contribution in [1.29, 1.82) is 0 Å². The summed E-state index contributed by atoms with van der Waals surface area (Å²) in [5, 5.41) is 2.69. The fraction of sp³-hybridized carbons (Fsp3) is 0.185. The van der Waals surface area contributed by atoms with Crippen molar-refractivity contribution < 1.29 is 28.7 Å². The number of hydrogen-bond donors (Lipinski definition) is 3. The van der Waals surface area contributed by atoms with Crippen LogP contribution in [0.15, 0.2) is 72.8 Å². The Morgan fingerprint density at radius 1 is 0.722 bits per heavy atom. The minimum absolute atomic E-state index is 0.119. The van der Waals surface area contributed by atoms with Crippen molar-refractivity contribution in [2.24, 2.45) is 0 Å². The number of amides is 3. The van der Waals surface area contributed by atoms with Crippen LogP contribution in [0.3, 0.4) is 0 Å². The minimum atomic E-state index is -0.716. The molecule has 0 spiro atoms. The molecule has 0 heterocycles. The molecule has 0 saturated heterocycles. The van der Waals surface area contributed by atoms with E-state index in [0.717, 1.165) is 11.3 Å². The van der Waals surface area contributed by atoms with E-state index in [1.807, 2.05) is 32.0 Å². The second-order valence-corrected chi connectivity index (χ2v) is 7.95. The average Bonchev–Trinajstić information content (AvgIpc) is 2.88. The van der Waals surface area contributed by atoms with Crippen molar-refractivity contribution in [1.82, 2.24) is 10.9 Å². The van der Waals surface area contributed by atoms with Crippen LogP contribution in [-0.4, -0.2) is 30.3 Å². The molecule has 186 valence electrons. The highest BCUT2D eigenvalue weighted by Crippen LogP contribution is 2.25. The van der Waals surface area contributed by atoms with Crippen LogP contribution >= 0.6 is 0 Å². The minimum Gasteiger partial charge on any atom is -0.457 e. The molecule has 0 fully saturated rings. The topological polar surface area (TPSA) is 123 Å². The third-order valence-corrected chi connectivity index (χ3v) is 5.12. The first-order valence-electron chi connectivity index (χ1n) is 11.2. The van der Waals surface area contributed by atoms with Crippen molar-refractivity contribution in [2.45, 2.75) is 26.7 Å². The summed E-state index contributed by atoms with van der Waals surface area (Å²) in [6.07, 6.45) is -0.324. The number of aryl methyl sites for hydroxylation is 2. The number of ether oxygens (including phenoxy) is 2. The molecule has 9 heteroatoms. The number of nitrogens with one attached hydrogen (secondary N) is 3. The van der Waals surface area contributed by atoms with Gasteiger partial charge in [-0.15, -0.1) is 0 Å². The quantitative estimate of drug-likeness (QED) is 0.310. The molecule has 0 atom stereocenters. The maximum absolute atomic E-state index is 12.1. The summed E-state index contributed by atoms with van der Waals surface area (Å²) in [7, 11) is 0. The van der Waals surface area contributed by atoms with Gasteiger partial charge in [-0.1, -0.05) is 24.3 Å². The Morgan fingerprint density at radius 3 is 2.11 bits per heavy atom. The van der Waals surface area contributed by atoms with E-state index < -0.39 is 24.4 Å². The summed E-state index contributed by atoms with van der Waals surface area (Å²) < 4.78 is 10.7. The molecule has 36 heavy (non-hydrogen) atoms. The molecule has 0 aromatic heterocycles. The highest BCUT2D eigenvalue weighted by molar-refractivity contribution is 5.95. The Balaban J connectivity index is 1.34. The van der Waals surface area contributed by atoms with Crippen LogP contribution in [0, 0.1) is 13.8 Å². The van der Waals surface area contributed by atoms with Gasteiger partial charge in [-0.2, -0.15) is 0 Å². The van der Waals surface area contributed by atoms with E-state index in [1.54, 1.807) is 54.6 Å². The zero-order valence-corrected chi connectivity index (χ0v) is 20.0. The number of benzene rings is 3. The van der Waals surface area contributed by atoms with Gasteiger partial charge in [-0.3, -0.25) is 30.0 Å². The van der Waals surface area contributed by atoms with Crippen LogP contribution in [-0.2, 0) is 19.1 Å². The Hall–Kier alpha value is -4.66. The third kappa shape index (κ3) is 8.28. The van der Waals surface area contributed by atoms with Gasteiger partial charge in [0.1, 0.15) is 11.5 Å². The van der Waals surface area contributed by atoms with E-state index in [4.69, 9.17) is 9.47 Å². The van der Waals surface area contributed by atoms with Crippen molar-refractivity contribution in [2.75, 3.05) is 11.9 Å². The SMILES string of the molecule is Cc1ccc(Oc2ccc(NC(=O)CCC(=O)OCC(=O)NNC(=O)c3ccccc3)cc2)cc1C. The Labute approximate surface area is 208 Å². The van der Waals surface area contributed by atoms with Gasteiger partial charge < -0.3 is 14.8 Å². The van der Waals surface area contributed by atoms with Gasteiger partial charge in [0.2, 0.25) is 5.91 Å². The maximum atomic E-state index is 12.1. The van der Waals surface area contributed by atoms with E-state index in [2.05, 4.69) is 16.2 Å². The Morgan fingerprint density at radius 2 is 1.42 bits per heavy atom. The monoisotopic (exact) mass is 489 g/mol. The Kier molecular flexibility index (Phi) is 9.16. The summed E-state index contributed by atoms with van der Waals surface area (Å²) in [5.41, 5.74) is 7.60. The number of rotatable bonds is 9. The van der Waals surface area contributed by atoms with Gasteiger partial charge in [0, 0.05) is 17.7 Å². The van der Waals surface area contributed by atoms with E-state index in [-0.39, 0.29) is 18.7 Å². The summed E-state index contributed by atoms with van der Waals surface area (Å²) in [5.74, 6) is -0.961. The largest absolute Gasteiger partial charge is 0.457 e. The number of carbonyl (C=O) groups is 4. The maximum Gasteiger partial charge on any atom is 0.306 e. The number of anilines is 1. The molecule has 3 aromatic rings. The third-order valence-electron chi connectivity index (χ3n) is 5.12. The second kappa shape index (κ2) is 12.7. The van der Waals surface area contributed by atoms with Crippen LogP contribution in [0.2, 0.25) is 0 Å². The van der Waals surface area contributed by atoms with Crippen molar-refractivity contribution in [3.8, 4) is 11.5 Å². The molecule has 0 radical (unpaired) electrons. The fourth-order valence-corrected chi connectivity index (χ4v) is 3.00. The molecule has 0 saturated carbocycles. The fourth-order valence-electron chi connectivity index (χ4n) is 3.00. The van der Waals surface area contributed by atoms with Crippen LogP contribution < -0.4 is 20.9 Å². The van der Waals surface area contributed by atoms with Crippen molar-refractivity contribution in [3.05, 3.63) is 89.5 Å². The molecule has 0 bridgehead atoms. The normalized spacial score (nSPS) is 10.2. The molecule has 0 aliphatic rings. The first-order chi connectivity index (χ1) is 17.3. The van der Waals surface area contributed by atoms with Gasteiger partial charge in [-0.25, -0.2) is 0 Å². The zero-order chi connectivity index (χ0) is 25.9. The lowest BCUT2D eigenvalue weighted by molar-refractivity contribution is -0.149. The Bertz CT molecular complexity index is 1230. The van der Waals surface area contributed by atoms with E-state index in [9.17, 15) is 19.2 Å². The summed E-state index contributed by atoms with van der Waals surface area (Å²) in [4.78, 5) is 47.6. The van der Waals surface area contributed by atoms with Crippen LogP contribution in [0.5, 0.6) is 11.5 Å². The predicted molar refractivity (Wildman–Crippen MR) is 133 cm³/mol. The smallest absolute Gasteiger partial charge is 0.306 e. The first-order valence-corrected chi connectivity index (χ1v) is 11.2. The molecular weight excluding hydrogens is 462 g/mol. The molecule has 3 N–H and O–H groups in total. The highest BCUT2D eigenvalue weighted by atomic mass is 16.5. The second-order valence-electron chi connectivity index (χ2n) is 7.95. The molecule has 0 aliphatic heterocycles. The van der Waals surface area contributed by atoms with Gasteiger partial charge >= 0.3 is 5.97 Å². The van der Waals surface area contributed by atoms with E-state index in [0.29, 0.717) is 17.0 Å². The molecule has 3 aromatic carbocycles. The molecule has 0 aliphatic carbocycles. The summed E-state index contributed by atoms with van der Waals surface area (Å²) in [6.45, 7) is 3.46. The lowest BCUT2D eigenvalue weighted by Gasteiger charge is -2.10. The number of carbonyl (C=O) groups excluding carboxylic acids is 4. The lowest BCUT2D eigenvalue weighted by atomic mass is 10.1. The number of hydrogen-bond acceptors (Lipinski definition) is 6. The lowest BCUT2D eigenvalue weighted by Crippen LogP contribution is -2.43. The molecule has 3 amide bonds. The van der Waals surface area contributed by atoms with Crippen molar-refractivity contribution in [3.63, 3.8) is 0 Å². The van der Waals surface area contributed by atoms with Gasteiger partial charge in [-0.05, 0) is 73.5 Å². The van der Waals surface area contributed by atoms with Gasteiger partial charge in [0.15, 0.2) is 6.61 Å². The average molecular weight is 490 g/mol. The molecule has 3 rings (SSSR count). The summed E-state index contributed by atoms with van der Waals surface area (Å²) in [6, 6.07) is 21.0. The first kappa shape index (κ1) is 26.0. The highest BCUT2D eigenvalue weighted by Gasteiger charge is 2.12. The number of esters is 1. The predicted octanol–water partition coefficient (Wildman–Crippen LogP) is 3.82. The van der Waals surface area contributed by atoms with Crippen LogP contribution in [0.1, 0.15) is 34.3 Å². The van der Waals surface area contributed by atoms with Crippen molar-refractivity contribution >= 4 is 29.4 Å². The molecular formula is C27H27N3O6.